The maximum atomic E-state index is 12.8. The van der Waals surface area contributed by atoms with Crippen LogP contribution in [0.3, 0.4) is 0 Å². The van der Waals surface area contributed by atoms with Crippen molar-refractivity contribution >= 4 is 11.8 Å². The second-order valence-corrected chi connectivity index (χ2v) is 7.45. The van der Waals surface area contributed by atoms with Crippen molar-refractivity contribution in [2.75, 3.05) is 13.1 Å². The summed E-state index contributed by atoms with van der Waals surface area (Å²) in [5.41, 5.74) is 8.20. The quantitative estimate of drug-likeness (QED) is 0.884. The van der Waals surface area contributed by atoms with E-state index in [1.807, 2.05) is 11.0 Å². The summed E-state index contributed by atoms with van der Waals surface area (Å²) < 4.78 is 0. The molecular weight excluding hydrogens is 328 g/mol. The van der Waals surface area contributed by atoms with Crippen LogP contribution in [0.4, 0.5) is 0 Å². The number of carbonyl (C=O) groups is 2. The predicted molar refractivity (Wildman–Crippen MR) is 97.7 cm³/mol. The van der Waals surface area contributed by atoms with Crippen LogP contribution in [0, 0.1) is 12.8 Å². The summed E-state index contributed by atoms with van der Waals surface area (Å²) in [6.07, 6.45) is 4.17. The molecule has 6 heteroatoms. The van der Waals surface area contributed by atoms with E-state index in [-0.39, 0.29) is 17.7 Å². The van der Waals surface area contributed by atoms with Gasteiger partial charge in [-0.15, -0.1) is 0 Å². The second kappa shape index (κ2) is 6.59. The normalized spacial score (nSPS) is 23.0. The molecule has 2 amide bonds. The molecule has 1 aliphatic carbocycles. The van der Waals surface area contributed by atoms with E-state index in [9.17, 15) is 9.59 Å². The Labute approximate surface area is 152 Å². The smallest absolute Gasteiger partial charge is 0.266 e. The minimum atomic E-state index is -0.493. The van der Waals surface area contributed by atoms with Crippen LogP contribution in [0.15, 0.2) is 30.5 Å². The number of amides is 2. The number of nitrogens with one attached hydrogen (secondary N) is 1. The number of imidazole rings is 1. The Hall–Kier alpha value is -2.63. The topological polar surface area (TPSA) is 92.1 Å². The Kier molecular flexibility index (Phi) is 4.26. The van der Waals surface area contributed by atoms with Crippen molar-refractivity contribution in [1.29, 1.82) is 0 Å². The van der Waals surface area contributed by atoms with Gasteiger partial charge >= 0.3 is 0 Å². The molecule has 6 nitrogen and oxygen atoms in total. The summed E-state index contributed by atoms with van der Waals surface area (Å²) in [5, 5.41) is 0. The lowest BCUT2D eigenvalue weighted by molar-refractivity contribution is -0.133. The highest BCUT2D eigenvalue weighted by Crippen LogP contribution is 2.49. The molecule has 136 valence electrons. The van der Waals surface area contributed by atoms with Crippen molar-refractivity contribution in [3.05, 3.63) is 53.1 Å². The van der Waals surface area contributed by atoms with Gasteiger partial charge in [-0.25, -0.2) is 4.98 Å². The van der Waals surface area contributed by atoms with E-state index < -0.39 is 5.91 Å². The number of benzene rings is 1. The highest BCUT2D eigenvalue weighted by atomic mass is 16.2. The molecule has 2 heterocycles. The minimum absolute atomic E-state index is 0.137. The summed E-state index contributed by atoms with van der Waals surface area (Å²) in [4.78, 5) is 33.3. The molecule has 0 radical (unpaired) electrons. The molecule has 0 unspecified atom stereocenters. The molecule has 2 aromatic rings. The van der Waals surface area contributed by atoms with Gasteiger partial charge in [0.25, 0.3) is 5.91 Å². The van der Waals surface area contributed by atoms with Crippen LogP contribution in [0.2, 0.25) is 0 Å². The van der Waals surface area contributed by atoms with Crippen molar-refractivity contribution in [3.63, 3.8) is 0 Å². The molecule has 26 heavy (non-hydrogen) atoms. The van der Waals surface area contributed by atoms with Gasteiger partial charge in [0, 0.05) is 24.9 Å². The average molecular weight is 352 g/mol. The van der Waals surface area contributed by atoms with E-state index in [2.05, 4.69) is 35.1 Å². The molecule has 1 aliphatic heterocycles. The number of aromatic amines is 1. The number of primary amides is 1. The Balaban J connectivity index is 1.34. The van der Waals surface area contributed by atoms with E-state index in [0.29, 0.717) is 11.6 Å². The van der Waals surface area contributed by atoms with Gasteiger partial charge in [0.15, 0.2) is 0 Å². The van der Waals surface area contributed by atoms with Gasteiger partial charge in [-0.05, 0) is 43.2 Å². The van der Waals surface area contributed by atoms with Gasteiger partial charge < -0.3 is 15.6 Å². The largest absolute Gasteiger partial charge is 0.364 e. The first-order valence-electron chi connectivity index (χ1n) is 9.23. The number of hydrogen-bond donors (Lipinski definition) is 2. The molecular formula is C20H24N4O2. The lowest BCUT2D eigenvalue weighted by Crippen LogP contribution is -2.39. The monoisotopic (exact) mass is 352 g/mol. The minimum Gasteiger partial charge on any atom is -0.364 e. The van der Waals surface area contributed by atoms with E-state index in [0.717, 1.165) is 38.2 Å². The highest BCUT2D eigenvalue weighted by molar-refractivity contribution is 5.90. The number of aromatic nitrogens is 2. The maximum absolute atomic E-state index is 12.8. The molecule has 1 aromatic carbocycles. The number of rotatable bonds is 4. The third kappa shape index (κ3) is 3.11. The van der Waals surface area contributed by atoms with Crippen LogP contribution in [0.1, 0.15) is 58.5 Å². The fraction of sp³-hybridized carbons (Fsp3) is 0.450. The molecule has 3 N–H and O–H groups in total. The first kappa shape index (κ1) is 16.8. The van der Waals surface area contributed by atoms with Crippen molar-refractivity contribution in [2.24, 2.45) is 11.7 Å². The Morgan fingerprint density at radius 3 is 2.62 bits per heavy atom. The zero-order chi connectivity index (χ0) is 18.3. The van der Waals surface area contributed by atoms with Gasteiger partial charge in [0.1, 0.15) is 11.5 Å². The zero-order valence-electron chi connectivity index (χ0n) is 14.9. The van der Waals surface area contributed by atoms with Crippen molar-refractivity contribution in [2.45, 2.75) is 38.0 Å². The lowest BCUT2D eigenvalue weighted by atomic mass is 9.95. The summed E-state index contributed by atoms with van der Waals surface area (Å²) in [6, 6.07) is 8.36. The zero-order valence-corrected chi connectivity index (χ0v) is 14.9. The van der Waals surface area contributed by atoms with Crippen LogP contribution in [-0.2, 0) is 4.79 Å². The van der Waals surface area contributed by atoms with E-state index in [1.54, 1.807) is 0 Å². The fourth-order valence-corrected chi connectivity index (χ4v) is 4.09. The second-order valence-electron chi connectivity index (χ2n) is 7.45. The first-order chi connectivity index (χ1) is 12.5. The lowest BCUT2D eigenvalue weighted by Gasteiger charge is -2.31. The van der Waals surface area contributed by atoms with Crippen molar-refractivity contribution in [3.8, 4) is 0 Å². The SMILES string of the molecule is Cc1ccccc1[C@@H]1C[C@H]1C(=O)N1CCC(c2ncc(C(N)=O)[nH]2)CC1. The molecule has 4 rings (SSSR count). The molecule has 1 saturated heterocycles. The summed E-state index contributed by atoms with van der Waals surface area (Å²) >= 11 is 0. The van der Waals surface area contributed by atoms with E-state index >= 15 is 0 Å². The summed E-state index contributed by atoms with van der Waals surface area (Å²) in [7, 11) is 0. The number of nitrogens with two attached hydrogens (primary N) is 1. The number of likely N-dealkylation sites (tertiary alicyclic amines) is 1. The highest BCUT2D eigenvalue weighted by Gasteiger charge is 2.46. The predicted octanol–water partition coefficient (Wildman–Crippen LogP) is 2.33. The molecule has 2 aliphatic rings. The van der Waals surface area contributed by atoms with Gasteiger partial charge in [-0.1, -0.05) is 24.3 Å². The molecule has 2 atom stereocenters. The molecule has 1 aromatic heterocycles. The molecule has 2 fully saturated rings. The number of H-pyrrole nitrogens is 1. The Morgan fingerprint density at radius 2 is 1.96 bits per heavy atom. The Bertz CT molecular complexity index is 836. The van der Waals surface area contributed by atoms with Crippen molar-refractivity contribution < 1.29 is 9.59 Å². The van der Waals surface area contributed by atoms with Gasteiger partial charge in [0.2, 0.25) is 5.91 Å². The van der Waals surface area contributed by atoms with Crippen LogP contribution in [0.25, 0.3) is 0 Å². The fourth-order valence-electron chi connectivity index (χ4n) is 4.09. The number of carbonyl (C=O) groups excluding carboxylic acids is 2. The summed E-state index contributed by atoms with van der Waals surface area (Å²) in [5.74, 6) is 1.36. The molecule has 0 bridgehead atoms. The molecule has 0 spiro atoms. The van der Waals surface area contributed by atoms with Crippen LogP contribution < -0.4 is 5.73 Å². The van der Waals surface area contributed by atoms with Gasteiger partial charge in [-0.2, -0.15) is 0 Å². The number of hydrogen-bond acceptors (Lipinski definition) is 3. The number of nitrogens with zero attached hydrogens (tertiary/aromatic N) is 2. The first-order valence-corrected chi connectivity index (χ1v) is 9.23. The van der Waals surface area contributed by atoms with Crippen LogP contribution >= 0.6 is 0 Å². The van der Waals surface area contributed by atoms with Crippen LogP contribution in [0.5, 0.6) is 0 Å². The molecule has 1 saturated carbocycles. The van der Waals surface area contributed by atoms with Gasteiger partial charge in [-0.3, -0.25) is 9.59 Å². The van der Waals surface area contributed by atoms with E-state index in [4.69, 9.17) is 5.73 Å². The average Bonchev–Trinajstić information content (AvgIpc) is 3.27. The standard InChI is InChI=1S/C20H24N4O2/c1-12-4-2-3-5-14(12)15-10-16(15)20(26)24-8-6-13(7-9-24)19-22-11-17(23-19)18(21)25/h2-5,11,13,15-16H,6-10H2,1H3,(H2,21,25)(H,22,23)/t15-,16+/m0/s1. The van der Waals surface area contributed by atoms with Crippen LogP contribution in [-0.4, -0.2) is 39.8 Å². The van der Waals surface area contributed by atoms with Gasteiger partial charge in [0.05, 0.1) is 6.20 Å². The van der Waals surface area contributed by atoms with Crippen molar-refractivity contribution in [1.82, 2.24) is 14.9 Å². The summed E-state index contributed by atoms with van der Waals surface area (Å²) in [6.45, 7) is 3.60. The Morgan fingerprint density at radius 1 is 1.23 bits per heavy atom. The third-order valence-corrected chi connectivity index (χ3v) is 5.75. The van der Waals surface area contributed by atoms with E-state index in [1.165, 1.54) is 17.3 Å². The maximum Gasteiger partial charge on any atom is 0.266 e. The number of piperidine rings is 1. The third-order valence-electron chi connectivity index (χ3n) is 5.75. The number of aryl methyl sites for hydroxylation is 1.